The number of halogens is 4. The maximum absolute atomic E-state index is 14.5. The average Bonchev–Trinajstić information content (AvgIpc) is 2.99. The van der Waals surface area contributed by atoms with Crippen molar-refractivity contribution >= 4 is 0 Å². The molecule has 0 aliphatic rings. The van der Waals surface area contributed by atoms with E-state index in [0.29, 0.717) is 24.5 Å². The van der Waals surface area contributed by atoms with Gasteiger partial charge in [0.05, 0.1) is 24.8 Å². The lowest BCUT2D eigenvalue weighted by molar-refractivity contribution is 0.299. The molecule has 4 aromatic carbocycles. The number of benzene rings is 4. The minimum atomic E-state index is -1.58. The molecule has 0 radical (unpaired) electrons. The van der Waals surface area contributed by atoms with Crippen LogP contribution in [0.4, 0.5) is 17.6 Å². The molecule has 0 saturated carbocycles. The summed E-state index contributed by atoms with van der Waals surface area (Å²) in [6.07, 6.45) is 7.23. The van der Waals surface area contributed by atoms with Gasteiger partial charge in [0.15, 0.2) is 17.5 Å². The van der Waals surface area contributed by atoms with Crippen molar-refractivity contribution in [1.82, 2.24) is 0 Å². The molecule has 0 spiro atoms. The van der Waals surface area contributed by atoms with Crippen LogP contribution >= 0.6 is 0 Å². The van der Waals surface area contributed by atoms with E-state index in [2.05, 4.69) is 6.07 Å². The Labute approximate surface area is 238 Å². The largest absolute Gasteiger partial charge is 0.494 e. The van der Waals surface area contributed by atoms with E-state index in [0.717, 1.165) is 74.0 Å². The third kappa shape index (κ3) is 8.59. The quantitative estimate of drug-likeness (QED) is 0.0874. The molecule has 0 amide bonds. The molecule has 4 rings (SSSR count). The zero-order valence-corrected chi connectivity index (χ0v) is 22.6. The van der Waals surface area contributed by atoms with Crippen LogP contribution in [0.5, 0.6) is 11.5 Å². The number of ether oxygens (including phenoxy) is 2. The van der Waals surface area contributed by atoms with Crippen molar-refractivity contribution in [3.63, 3.8) is 0 Å². The van der Waals surface area contributed by atoms with Gasteiger partial charge in [0, 0.05) is 11.6 Å². The van der Waals surface area contributed by atoms with Gasteiger partial charge in [-0.25, -0.2) is 17.6 Å². The molecule has 41 heavy (non-hydrogen) atoms. The van der Waals surface area contributed by atoms with Gasteiger partial charge in [-0.2, -0.15) is 5.26 Å². The van der Waals surface area contributed by atoms with E-state index in [1.807, 2.05) is 48.5 Å². The summed E-state index contributed by atoms with van der Waals surface area (Å²) in [5, 5.41) is 8.92. The van der Waals surface area contributed by atoms with E-state index in [-0.39, 0.29) is 11.1 Å². The second-order valence-electron chi connectivity index (χ2n) is 9.78. The molecule has 7 heteroatoms. The zero-order chi connectivity index (χ0) is 29.0. The van der Waals surface area contributed by atoms with Crippen molar-refractivity contribution in [2.75, 3.05) is 13.2 Å². The third-order valence-corrected chi connectivity index (χ3v) is 6.76. The molecular formula is C34H31F4NO2. The molecule has 0 N–H and O–H groups in total. The Balaban J connectivity index is 1.05. The topological polar surface area (TPSA) is 42.2 Å². The van der Waals surface area contributed by atoms with Gasteiger partial charge in [0.2, 0.25) is 0 Å². The summed E-state index contributed by atoms with van der Waals surface area (Å²) < 4.78 is 66.0. The number of hydrogen-bond donors (Lipinski definition) is 0. The SMILES string of the molecule is N#Cc1ccc(-c2ccc(OCCCCCCCCCOc3ccc(-c4cc(F)c(F)c(F)c4)c(F)c3)cc2)cc1. The third-order valence-electron chi connectivity index (χ3n) is 6.76. The summed E-state index contributed by atoms with van der Waals surface area (Å²) in [7, 11) is 0. The summed E-state index contributed by atoms with van der Waals surface area (Å²) in [5.41, 5.74) is 2.68. The molecule has 0 atom stereocenters. The smallest absolute Gasteiger partial charge is 0.194 e. The van der Waals surface area contributed by atoms with Gasteiger partial charge in [0.1, 0.15) is 17.3 Å². The molecule has 3 nitrogen and oxygen atoms in total. The van der Waals surface area contributed by atoms with E-state index in [4.69, 9.17) is 14.7 Å². The fourth-order valence-electron chi connectivity index (χ4n) is 4.48. The molecule has 0 heterocycles. The van der Waals surface area contributed by atoms with Crippen molar-refractivity contribution < 1.29 is 27.0 Å². The molecule has 212 valence electrons. The second-order valence-corrected chi connectivity index (χ2v) is 9.78. The molecule has 4 aromatic rings. The molecular weight excluding hydrogens is 530 g/mol. The van der Waals surface area contributed by atoms with Crippen LogP contribution in [-0.2, 0) is 0 Å². The first-order valence-electron chi connectivity index (χ1n) is 13.8. The highest BCUT2D eigenvalue weighted by atomic mass is 19.2. The first-order valence-corrected chi connectivity index (χ1v) is 13.8. The van der Waals surface area contributed by atoms with Crippen LogP contribution < -0.4 is 9.47 Å². The van der Waals surface area contributed by atoms with Crippen LogP contribution in [0.25, 0.3) is 22.3 Å². The molecule has 0 aromatic heterocycles. The van der Waals surface area contributed by atoms with E-state index >= 15 is 0 Å². The van der Waals surface area contributed by atoms with Crippen molar-refractivity contribution in [2.24, 2.45) is 0 Å². The number of nitrogens with zero attached hydrogens (tertiary/aromatic N) is 1. The number of nitriles is 1. The van der Waals surface area contributed by atoms with E-state index in [1.165, 1.54) is 18.2 Å². The summed E-state index contributed by atoms with van der Waals surface area (Å²) in [5.74, 6) is -3.83. The summed E-state index contributed by atoms with van der Waals surface area (Å²) >= 11 is 0. The Bertz CT molecular complexity index is 1440. The molecule has 0 bridgehead atoms. The van der Waals surface area contributed by atoms with Gasteiger partial charge in [-0.05, 0) is 78.1 Å². The zero-order valence-electron chi connectivity index (χ0n) is 22.6. The number of hydrogen-bond acceptors (Lipinski definition) is 3. The lowest BCUT2D eigenvalue weighted by Gasteiger charge is -2.10. The summed E-state index contributed by atoms with van der Waals surface area (Å²) in [6, 6.07) is 23.2. The summed E-state index contributed by atoms with van der Waals surface area (Å²) in [4.78, 5) is 0. The van der Waals surface area contributed by atoms with Crippen LogP contribution in [0.15, 0.2) is 78.9 Å². The van der Waals surface area contributed by atoms with Crippen LogP contribution in [0.3, 0.4) is 0 Å². The maximum Gasteiger partial charge on any atom is 0.194 e. The predicted molar refractivity (Wildman–Crippen MR) is 152 cm³/mol. The van der Waals surface area contributed by atoms with E-state index < -0.39 is 23.3 Å². The normalized spacial score (nSPS) is 10.8. The molecule has 0 unspecified atom stereocenters. The number of unbranched alkanes of at least 4 members (excludes halogenated alkanes) is 6. The predicted octanol–water partition coefficient (Wildman–Crippen LogP) is 9.64. The van der Waals surface area contributed by atoms with Gasteiger partial charge < -0.3 is 9.47 Å². The molecule has 0 fully saturated rings. The van der Waals surface area contributed by atoms with Crippen LogP contribution in [0.2, 0.25) is 0 Å². The van der Waals surface area contributed by atoms with Crippen molar-refractivity contribution in [1.29, 1.82) is 5.26 Å². The van der Waals surface area contributed by atoms with Crippen molar-refractivity contribution in [3.8, 4) is 39.8 Å². The number of rotatable bonds is 14. The highest BCUT2D eigenvalue weighted by molar-refractivity contribution is 5.66. The molecule has 0 aliphatic carbocycles. The lowest BCUT2D eigenvalue weighted by atomic mass is 10.0. The van der Waals surface area contributed by atoms with Gasteiger partial charge >= 0.3 is 0 Å². The monoisotopic (exact) mass is 561 g/mol. The minimum Gasteiger partial charge on any atom is -0.494 e. The Hall–Kier alpha value is -4.31. The molecule has 0 aliphatic heterocycles. The van der Waals surface area contributed by atoms with Crippen LogP contribution in [0, 0.1) is 34.6 Å². The minimum absolute atomic E-state index is 0.0295. The highest BCUT2D eigenvalue weighted by Crippen LogP contribution is 2.29. The van der Waals surface area contributed by atoms with Gasteiger partial charge in [-0.15, -0.1) is 0 Å². The van der Waals surface area contributed by atoms with Gasteiger partial charge in [0.25, 0.3) is 0 Å². The fraction of sp³-hybridized carbons (Fsp3) is 0.265. The van der Waals surface area contributed by atoms with E-state index in [9.17, 15) is 17.6 Å². The standard InChI is InChI=1S/C34H31F4NO2/c35-31-22-29(16-17-30(31)27-20-32(36)34(38)33(37)21-27)41-19-7-5-3-1-2-4-6-18-40-28-14-12-26(13-15-28)25-10-8-24(23-39)9-11-25/h8-17,20-22H,1-7,18-19H2. The van der Waals surface area contributed by atoms with Crippen molar-refractivity contribution in [2.45, 2.75) is 44.9 Å². The maximum atomic E-state index is 14.5. The first-order chi connectivity index (χ1) is 19.9. The Kier molecular flexibility index (Phi) is 10.8. The van der Waals surface area contributed by atoms with Crippen LogP contribution in [0.1, 0.15) is 50.5 Å². The van der Waals surface area contributed by atoms with Gasteiger partial charge in [-0.1, -0.05) is 56.4 Å². The average molecular weight is 562 g/mol. The van der Waals surface area contributed by atoms with Crippen molar-refractivity contribution in [3.05, 3.63) is 108 Å². The Morgan fingerprint density at radius 3 is 1.54 bits per heavy atom. The molecule has 0 saturated heterocycles. The van der Waals surface area contributed by atoms with E-state index in [1.54, 1.807) is 0 Å². The summed E-state index contributed by atoms with van der Waals surface area (Å²) in [6.45, 7) is 1.11. The van der Waals surface area contributed by atoms with Crippen LogP contribution in [-0.4, -0.2) is 13.2 Å². The first kappa shape index (κ1) is 29.7. The second kappa shape index (κ2) is 14.9. The Morgan fingerprint density at radius 1 is 0.512 bits per heavy atom. The highest BCUT2D eigenvalue weighted by Gasteiger charge is 2.14. The fourth-order valence-corrected chi connectivity index (χ4v) is 4.48. The Morgan fingerprint density at radius 2 is 1.00 bits per heavy atom. The lowest BCUT2D eigenvalue weighted by Crippen LogP contribution is -1.99. The van der Waals surface area contributed by atoms with Gasteiger partial charge in [-0.3, -0.25) is 0 Å².